The van der Waals surface area contributed by atoms with Gasteiger partial charge in [0.25, 0.3) is 0 Å². The van der Waals surface area contributed by atoms with Gasteiger partial charge in [0.1, 0.15) is 5.56 Å². The second kappa shape index (κ2) is 9.01. The quantitative estimate of drug-likeness (QED) is 0.752. The van der Waals surface area contributed by atoms with Gasteiger partial charge in [0, 0.05) is 19.5 Å². The maximum atomic E-state index is 12.1. The molecule has 2 aromatic rings. The fourth-order valence-corrected chi connectivity index (χ4v) is 3.00. The number of esters is 1. The molecule has 146 valence electrons. The number of nitrogens with one attached hydrogen (secondary N) is 1. The van der Waals surface area contributed by atoms with Crippen molar-refractivity contribution in [2.75, 3.05) is 33.4 Å². The molecule has 1 aromatic heterocycles. The van der Waals surface area contributed by atoms with Crippen molar-refractivity contribution in [3.05, 3.63) is 41.6 Å². The van der Waals surface area contributed by atoms with E-state index < -0.39 is 5.97 Å². The molecule has 0 amide bonds. The highest BCUT2D eigenvalue weighted by molar-refractivity contribution is 5.91. The molecule has 1 aliphatic rings. The lowest BCUT2D eigenvalue weighted by Crippen LogP contribution is -2.39. The zero-order chi connectivity index (χ0) is 19.2. The molecule has 1 saturated heterocycles. The largest absolute Gasteiger partial charge is 0.477 e. The van der Waals surface area contributed by atoms with E-state index in [-0.39, 0.29) is 6.10 Å². The first-order valence-electron chi connectivity index (χ1n) is 9.32. The summed E-state index contributed by atoms with van der Waals surface area (Å²) in [5.41, 5.74) is 2.39. The summed E-state index contributed by atoms with van der Waals surface area (Å²) in [6.07, 6.45) is 2.32. The summed E-state index contributed by atoms with van der Waals surface area (Å²) in [5.74, 6) is 0.371. The van der Waals surface area contributed by atoms with E-state index >= 15 is 0 Å². The van der Waals surface area contributed by atoms with Crippen LogP contribution in [-0.2, 0) is 9.47 Å². The van der Waals surface area contributed by atoms with Crippen molar-refractivity contribution in [3.63, 3.8) is 0 Å². The molecular weight excluding hydrogens is 346 g/mol. The fourth-order valence-electron chi connectivity index (χ4n) is 3.00. The maximum absolute atomic E-state index is 12.1. The molecule has 0 saturated carbocycles. The Morgan fingerprint density at radius 2 is 2.15 bits per heavy atom. The molecule has 1 N–H and O–H groups in total. The molecule has 0 radical (unpaired) electrons. The molecule has 7 heteroatoms. The number of morpholine rings is 1. The zero-order valence-electron chi connectivity index (χ0n) is 16.1. The number of methoxy groups -OCH3 is 1. The third-order valence-corrected chi connectivity index (χ3v) is 4.62. The van der Waals surface area contributed by atoms with Crippen molar-refractivity contribution in [3.8, 4) is 11.6 Å². The van der Waals surface area contributed by atoms with Crippen LogP contribution in [0.25, 0.3) is 5.69 Å². The molecule has 1 atom stereocenters. The number of carbonyl (C=O) groups is 1. The molecule has 27 heavy (non-hydrogen) atoms. The van der Waals surface area contributed by atoms with Crippen molar-refractivity contribution < 1.29 is 19.0 Å². The Labute approximate surface area is 159 Å². The highest BCUT2D eigenvalue weighted by Crippen LogP contribution is 2.25. The van der Waals surface area contributed by atoms with Crippen LogP contribution in [0.15, 0.2) is 30.5 Å². The minimum atomic E-state index is -0.467. The summed E-state index contributed by atoms with van der Waals surface area (Å²) < 4.78 is 18.1. The van der Waals surface area contributed by atoms with Crippen molar-refractivity contribution in [1.82, 2.24) is 15.1 Å². The fraction of sp³-hybridized carbons (Fsp3) is 0.500. The molecule has 2 heterocycles. The first-order valence-corrected chi connectivity index (χ1v) is 9.32. The lowest BCUT2D eigenvalue weighted by atomic mass is 10.0. The van der Waals surface area contributed by atoms with Gasteiger partial charge < -0.3 is 19.5 Å². The van der Waals surface area contributed by atoms with Crippen LogP contribution in [0.2, 0.25) is 0 Å². The zero-order valence-corrected chi connectivity index (χ0v) is 16.1. The van der Waals surface area contributed by atoms with E-state index in [1.165, 1.54) is 18.9 Å². The predicted octanol–water partition coefficient (Wildman–Crippen LogP) is 2.54. The summed E-state index contributed by atoms with van der Waals surface area (Å²) in [6, 6.07) is 8.07. The Morgan fingerprint density at radius 1 is 1.37 bits per heavy atom. The number of rotatable bonds is 7. The van der Waals surface area contributed by atoms with Gasteiger partial charge >= 0.3 is 5.97 Å². The van der Waals surface area contributed by atoms with Gasteiger partial charge in [-0.05, 0) is 23.6 Å². The number of hydrogen-bond donors (Lipinski definition) is 1. The van der Waals surface area contributed by atoms with E-state index in [9.17, 15) is 4.79 Å². The van der Waals surface area contributed by atoms with Crippen LogP contribution in [0.3, 0.4) is 0 Å². The minimum absolute atomic E-state index is 0.113. The third-order valence-electron chi connectivity index (χ3n) is 4.62. The van der Waals surface area contributed by atoms with E-state index in [4.69, 9.17) is 14.2 Å². The van der Waals surface area contributed by atoms with Gasteiger partial charge in [-0.3, -0.25) is 0 Å². The average molecular weight is 373 g/mol. The lowest BCUT2D eigenvalue weighted by Gasteiger charge is -2.23. The van der Waals surface area contributed by atoms with Crippen LogP contribution in [-0.4, -0.2) is 55.3 Å². The molecule has 1 fully saturated rings. The van der Waals surface area contributed by atoms with Gasteiger partial charge in [0.05, 0.1) is 38.3 Å². The first-order chi connectivity index (χ1) is 13.1. The number of nitrogens with zero attached hydrogens (tertiary/aromatic N) is 2. The molecule has 1 aromatic carbocycles. The summed E-state index contributed by atoms with van der Waals surface area (Å²) in [6.45, 7) is 7.11. The number of carbonyl (C=O) groups excluding carboxylic acids is 1. The summed E-state index contributed by atoms with van der Waals surface area (Å²) in [7, 11) is 1.35. The number of aromatic nitrogens is 2. The molecular formula is C20H27N3O4. The second-order valence-electron chi connectivity index (χ2n) is 6.85. The Bertz CT molecular complexity index is 749. The van der Waals surface area contributed by atoms with Crippen LogP contribution < -0.4 is 10.1 Å². The third kappa shape index (κ3) is 4.67. The molecule has 0 aliphatic carbocycles. The van der Waals surface area contributed by atoms with Crippen LogP contribution in [0, 0.1) is 0 Å². The van der Waals surface area contributed by atoms with Gasteiger partial charge in [-0.15, -0.1) is 0 Å². The monoisotopic (exact) mass is 373 g/mol. The Hall–Kier alpha value is -2.38. The van der Waals surface area contributed by atoms with Crippen molar-refractivity contribution in [2.24, 2.45) is 0 Å². The van der Waals surface area contributed by atoms with Gasteiger partial charge in [0.2, 0.25) is 5.88 Å². The summed E-state index contributed by atoms with van der Waals surface area (Å²) in [5, 5.41) is 7.64. The van der Waals surface area contributed by atoms with Crippen LogP contribution in [0.1, 0.15) is 42.1 Å². The number of ether oxygens (including phenoxy) is 3. The highest BCUT2D eigenvalue weighted by Gasteiger charge is 2.22. The van der Waals surface area contributed by atoms with Crippen LogP contribution in [0.4, 0.5) is 0 Å². The summed E-state index contributed by atoms with van der Waals surface area (Å²) >= 11 is 0. The molecule has 7 nitrogen and oxygen atoms in total. The summed E-state index contributed by atoms with van der Waals surface area (Å²) in [4.78, 5) is 12.1. The lowest BCUT2D eigenvalue weighted by molar-refractivity contribution is 0.0153. The van der Waals surface area contributed by atoms with E-state index in [1.54, 1.807) is 4.68 Å². The molecule has 3 rings (SSSR count). The SMILES string of the molecule is COC(=O)c1cnn(-c2ccc(C(C)C)cc2)c1OCCC1CNCCO1. The Morgan fingerprint density at radius 3 is 2.78 bits per heavy atom. The highest BCUT2D eigenvalue weighted by atomic mass is 16.5. The molecule has 1 unspecified atom stereocenters. The van der Waals surface area contributed by atoms with E-state index in [0.29, 0.717) is 30.6 Å². The van der Waals surface area contributed by atoms with Gasteiger partial charge in [-0.2, -0.15) is 5.10 Å². The standard InChI is InChI=1S/C20H27N3O4/c1-14(2)15-4-6-16(7-5-15)23-19(18(13-22-23)20(24)25-3)27-10-8-17-12-21-9-11-26-17/h4-7,13-14,17,21H,8-12H2,1-3H3. The van der Waals surface area contributed by atoms with Crippen molar-refractivity contribution in [1.29, 1.82) is 0 Å². The average Bonchev–Trinajstić information content (AvgIpc) is 3.12. The Balaban J connectivity index is 1.78. The van der Waals surface area contributed by atoms with Gasteiger partial charge in [0.15, 0.2) is 0 Å². The minimum Gasteiger partial charge on any atom is -0.477 e. The predicted molar refractivity (Wildman–Crippen MR) is 102 cm³/mol. The maximum Gasteiger partial charge on any atom is 0.345 e. The number of hydrogen-bond acceptors (Lipinski definition) is 6. The topological polar surface area (TPSA) is 74.6 Å². The van der Waals surface area contributed by atoms with Crippen molar-refractivity contribution >= 4 is 5.97 Å². The second-order valence-corrected chi connectivity index (χ2v) is 6.85. The first kappa shape index (κ1) is 19.4. The number of benzene rings is 1. The molecule has 1 aliphatic heterocycles. The van der Waals surface area contributed by atoms with E-state index in [1.807, 2.05) is 12.1 Å². The normalized spacial score (nSPS) is 17.1. The van der Waals surface area contributed by atoms with E-state index in [2.05, 4.69) is 36.4 Å². The smallest absolute Gasteiger partial charge is 0.345 e. The van der Waals surface area contributed by atoms with Crippen LogP contribution >= 0.6 is 0 Å². The Kier molecular flexibility index (Phi) is 6.47. The molecule has 0 bridgehead atoms. The van der Waals surface area contributed by atoms with Gasteiger partial charge in [-0.25, -0.2) is 9.48 Å². The molecule has 0 spiro atoms. The van der Waals surface area contributed by atoms with E-state index in [0.717, 1.165) is 25.2 Å². The van der Waals surface area contributed by atoms with Crippen LogP contribution in [0.5, 0.6) is 5.88 Å². The van der Waals surface area contributed by atoms with Crippen molar-refractivity contribution in [2.45, 2.75) is 32.3 Å². The van der Waals surface area contributed by atoms with Gasteiger partial charge in [-0.1, -0.05) is 26.0 Å².